The fourth-order valence-corrected chi connectivity index (χ4v) is 6.27. The van der Waals surface area contributed by atoms with Crippen molar-refractivity contribution in [2.45, 2.75) is 196 Å². The van der Waals surface area contributed by atoms with Gasteiger partial charge in [0.1, 0.15) is 0 Å². The molecule has 2 nitrogen and oxygen atoms in total. The molecule has 4 unspecified atom stereocenters. The summed E-state index contributed by atoms with van der Waals surface area (Å²) in [6.45, 7) is 14.4. The van der Waals surface area contributed by atoms with Crippen LogP contribution in [0.15, 0.2) is 0 Å². The lowest BCUT2D eigenvalue weighted by molar-refractivity contribution is -0.148. The van der Waals surface area contributed by atoms with E-state index in [0.717, 1.165) is 24.7 Å². The van der Waals surface area contributed by atoms with Crippen LogP contribution in [-0.2, 0) is 9.53 Å². The highest BCUT2D eigenvalue weighted by Crippen LogP contribution is 2.27. The fraction of sp³-hybridized carbons (Fsp3) is 0.972. The van der Waals surface area contributed by atoms with E-state index in [1.165, 1.54) is 141 Å². The highest BCUT2D eigenvalue weighted by Gasteiger charge is 2.20. The molecule has 38 heavy (non-hydrogen) atoms. The van der Waals surface area contributed by atoms with Gasteiger partial charge < -0.3 is 4.74 Å². The summed E-state index contributed by atoms with van der Waals surface area (Å²) < 4.78 is 5.56. The Labute approximate surface area is 241 Å². The molecular weight excluding hydrogens is 464 g/mol. The number of unbranched alkanes of at least 4 members (excludes halogenated alkanes) is 18. The van der Waals surface area contributed by atoms with Gasteiger partial charge in [0.25, 0.3) is 0 Å². The van der Waals surface area contributed by atoms with Crippen molar-refractivity contribution in [2.24, 2.45) is 23.7 Å². The van der Waals surface area contributed by atoms with E-state index < -0.39 is 0 Å². The van der Waals surface area contributed by atoms with Crippen LogP contribution < -0.4 is 0 Å². The second-order valence-electron chi connectivity index (χ2n) is 13.2. The number of hydrogen-bond acceptors (Lipinski definition) is 2. The lowest BCUT2D eigenvalue weighted by Gasteiger charge is -2.22. The van der Waals surface area contributed by atoms with Crippen LogP contribution in [-0.4, -0.2) is 12.6 Å². The lowest BCUT2D eigenvalue weighted by Crippen LogP contribution is -2.19. The van der Waals surface area contributed by atoms with Gasteiger partial charge in [-0.15, -0.1) is 0 Å². The summed E-state index contributed by atoms with van der Waals surface area (Å²) in [6.07, 6.45) is 32.5. The Morgan fingerprint density at radius 3 is 1.32 bits per heavy atom. The quantitative estimate of drug-likeness (QED) is 0.0701. The maximum atomic E-state index is 12.4. The molecule has 0 amide bonds. The molecule has 4 atom stereocenters. The Balaban J connectivity index is 3.65. The van der Waals surface area contributed by atoms with E-state index >= 15 is 0 Å². The molecule has 0 spiro atoms. The standard InChI is InChI=1S/C36H72O2/c1-7-9-11-13-15-16-17-18-19-20-21-22-23-25-27-32(3)29-33(4)30-34(5)31-35(6)36(37)38-28-26-24-14-12-10-8-2/h32-35H,7-31H2,1-6H3. The van der Waals surface area contributed by atoms with Crippen molar-refractivity contribution in [1.29, 1.82) is 0 Å². The van der Waals surface area contributed by atoms with Crippen LogP contribution in [0.25, 0.3) is 0 Å². The third-order valence-electron chi connectivity index (χ3n) is 8.56. The van der Waals surface area contributed by atoms with Gasteiger partial charge in [-0.1, -0.05) is 170 Å². The van der Waals surface area contributed by atoms with E-state index in [9.17, 15) is 4.79 Å². The zero-order valence-electron chi connectivity index (χ0n) is 27.3. The number of carbonyl (C=O) groups is 1. The minimum Gasteiger partial charge on any atom is -0.465 e. The number of carbonyl (C=O) groups excluding carboxylic acids is 1. The number of esters is 1. The van der Waals surface area contributed by atoms with E-state index in [1.807, 2.05) is 0 Å². The van der Waals surface area contributed by atoms with Gasteiger partial charge in [-0.3, -0.25) is 4.79 Å². The van der Waals surface area contributed by atoms with Crippen molar-refractivity contribution in [3.8, 4) is 0 Å². The van der Waals surface area contributed by atoms with Crippen LogP contribution in [0.1, 0.15) is 196 Å². The number of hydrogen-bond donors (Lipinski definition) is 0. The van der Waals surface area contributed by atoms with E-state index in [4.69, 9.17) is 4.74 Å². The molecule has 0 N–H and O–H groups in total. The molecule has 0 aromatic carbocycles. The van der Waals surface area contributed by atoms with Crippen LogP contribution in [0.4, 0.5) is 0 Å². The first kappa shape index (κ1) is 37.5. The van der Waals surface area contributed by atoms with Crippen LogP contribution in [0, 0.1) is 23.7 Å². The predicted molar refractivity (Wildman–Crippen MR) is 170 cm³/mol. The van der Waals surface area contributed by atoms with Crippen LogP contribution >= 0.6 is 0 Å². The average Bonchev–Trinajstić information content (AvgIpc) is 2.87. The molecular formula is C36H72O2. The van der Waals surface area contributed by atoms with Crippen molar-refractivity contribution < 1.29 is 9.53 Å². The summed E-state index contributed by atoms with van der Waals surface area (Å²) in [5.41, 5.74) is 0. The normalized spacial score (nSPS) is 14.8. The van der Waals surface area contributed by atoms with Gasteiger partial charge in [0.05, 0.1) is 12.5 Å². The summed E-state index contributed by atoms with van der Waals surface area (Å²) in [4.78, 5) is 12.4. The van der Waals surface area contributed by atoms with Gasteiger partial charge in [0.2, 0.25) is 0 Å². The smallest absolute Gasteiger partial charge is 0.308 e. The molecule has 228 valence electrons. The molecule has 0 bridgehead atoms. The zero-order valence-corrected chi connectivity index (χ0v) is 27.3. The molecule has 0 heterocycles. The first-order chi connectivity index (χ1) is 18.4. The van der Waals surface area contributed by atoms with Gasteiger partial charge in [0.15, 0.2) is 0 Å². The molecule has 0 aliphatic rings. The molecule has 0 fully saturated rings. The minimum atomic E-state index is 0.0178. The number of rotatable bonds is 29. The maximum Gasteiger partial charge on any atom is 0.308 e. The fourth-order valence-electron chi connectivity index (χ4n) is 6.27. The van der Waals surface area contributed by atoms with Gasteiger partial charge in [-0.2, -0.15) is 0 Å². The first-order valence-electron chi connectivity index (χ1n) is 17.6. The molecule has 0 saturated heterocycles. The molecule has 0 radical (unpaired) electrons. The third-order valence-corrected chi connectivity index (χ3v) is 8.56. The molecule has 0 saturated carbocycles. The Morgan fingerprint density at radius 2 is 0.842 bits per heavy atom. The Kier molecular flexibility index (Phi) is 27.6. The van der Waals surface area contributed by atoms with Crippen molar-refractivity contribution >= 4 is 5.97 Å². The SMILES string of the molecule is CCCCCCCCCCCCCCCCC(C)CC(C)CC(C)CC(C)C(=O)OCCCCCCCC. The van der Waals surface area contributed by atoms with Crippen molar-refractivity contribution in [1.82, 2.24) is 0 Å². The van der Waals surface area contributed by atoms with E-state index in [0.29, 0.717) is 12.5 Å². The minimum absolute atomic E-state index is 0.0178. The van der Waals surface area contributed by atoms with E-state index in [2.05, 4.69) is 41.5 Å². The van der Waals surface area contributed by atoms with Crippen LogP contribution in [0.5, 0.6) is 0 Å². The van der Waals surface area contributed by atoms with Gasteiger partial charge in [0, 0.05) is 0 Å². The zero-order chi connectivity index (χ0) is 28.3. The molecule has 0 aromatic rings. The summed E-state index contributed by atoms with van der Waals surface area (Å²) >= 11 is 0. The predicted octanol–water partition coefficient (Wildman–Crippen LogP) is 12.5. The second-order valence-corrected chi connectivity index (χ2v) is 13.2. The van der Waals surface area contributed by atoms with Gasteiger partial charge in [-0.25, -0.2) is 0 Å². The average molecular weight is 537 g/mol. The topological polar surface area (TPSA) is 26.3 Å². The highest BCUT2D eigenvalue weighted by molar-refractivity contribution is 5.71. The third kappa shape index (κ3) is 25.7. The highest BCUT2D eigenvalue weighted by atomic mass is 16.5. The summed E-state index contributed by atoms with van der Waals surface area (Å²) in [5, 5.41) is 0. The van der Waals surface area contributed by atoms with E-state index in [1.54, 1.807) is 0 Å². The lowest BCUT2D eigenvalue weighted by atomic mass is 9.84. The largest absolute Gasteiger partial charge is 0.465 e. The molecule has 0 rings (SSSR count). The first-order valence-corrected chi connectivity index (χ1v) is 17.6. The Bertz CT molecular complexity index is 488. The second kappa shape index (κ2) is 28.0. The summed E-state index contributed by atoms with van der Waals surface area (Å²) in [5.74, 6) is 2.22. The van der Waals surface area contributed by atoms with E-state index in [-0.39, 0.29) is 11.9 Å². The van der Waals surface area contributed by atoms with Gasteiger partial charge >= 0.3 is 5.97 Å². The molecule has 0 aliphatic carbocycles. The molecule has 2 heteroatoms. The van der Waals surface area contributed by atoms with Crippen molar-refractivity contribution in [3.63, 3.8) is 0 Å². The van der Waals surface area contributed by atoms with Crippen molar-refractivity contribution in [2.75, 3.05) is 6.61 Å². The molecule has 0 aliphatic heterocycles. The Morgan fingerprint density at radius 1 is 0.474 bits per heavy atom. The Hall–Kier alpha value is -0.530. The monoisotopic (exact) mass is 537 g/mol. The van der Waals surface area contributed by atoms with Gasteiger partial charge in [-0.05, 0) is 43.4 Å². The van der Waals surface area contributed by atoms with Crippen LogP contribution in [0.3, 0.4) is 0 Å². The van der Waals surface area contributed by atoms with Crippen molar-refractivity contribution in [3.05, 3.63) is 0 Å². The summed E-state index contributed by atoms with van der Waals surface area (Å²) in [7, 11) is 0. The number of ether oxygens (including phenoxy) is 1. The summed E-state index contributed by atoms with van der Waals surface area (Å²) in [6, 6.07) is 0. The molecule has 0 aromatic heterocycles. The van der Waals surface area contributed by atoms with Crippen LogP contribution in [0.2, 0.25) is 0 Å². The maximum absolute atomic E-state index is 12.4.